The Hall–Kier alpha value is -3.62. The first-order chi connectivity index (χ1) is 14.3. The standard InChI is InChI=1S/C21H21NO8/c1-12(14-4-5-16-11-17(27-3)7-6-15(16)10-14)20(25)28-13(2)29-21(26)30-22-18(23)8-9-19(22)24/h4-7,10-13H,8-9H2,1-3H3/t12-,13?/m0/s1. The van der Waals surface area contributed by atoms with Crippen molar-refractivity contribution < 1.29 is 38.2 Å². The minimum absolute atomic E-state index is 0.0350. The summed E-state index contributed by atoms with van der Waals surface area (Å²) >= 11 is 0. The molecule has 1 saturated heterocycles. The minimum Gasteiger partial charge on any atom is -0.497 e. The maximum atomic E-state index is 12.4. The molecule has 0 saturated carbocycles. The van der Waals surface area contributed by atoms with Crippen molar-refractivity contribution in [2.24, 2.45) is 0 Å². The van der Waals surface area contributed by atoms with E-state index in [0.717, 1.165) is 22.1 Å². The Morgan fingerprint density at radius 3 is 2.23 bits per heavy atom. The number of methoxy groups -OCH3 is 1. The highest BCUT2D eigenvalue weighted by Gasteiger charge is 2.34. The zero-order valence-electron chi connectivity index (χ0n) is 16.7. The van der Waals surface area contributed by atoms with Gasteiger partial charge < -0.3 is 14.2 Å². The average molecular weight is 415 g/mol. The summed E-state index contributed by atoms with van der Waals surface area (Å²) in [7, 11) is 1.59. The van der Waals surface area contributed by atoms with Crippen LogP contribution in [0.1, 0.15) is 38.2 Å². The molecule has 1 aliphatic rings. The topological polar surface area (TPSA) is 108 Å². The summed E-state index contributed by atoms with van der Waals surface area (Å²) in [5, 5.41) is 2.24. The van der Waals surface area contributed by atoms with Crippen molar-refractivity contribution >= 4 is 34.7 Å². The van der Waals surface area contributed by atoms with Crippen molar-refractivity contribution in [2.75, 3.05) is 7.11 Å². The maximum absolute atomic E-state index is 12.4. The number of imide groups is 1. The van der Waals surface area contributed by atoms with Crippen LogP contribution in [-0.4, -0.2) is 42.4 Å². The zero-order valence-corrected chi connectivity index (χ0v) is 16.7. The maximum Gasteiger partial charge on any atom is 0.537 e. The Balaban J connectivity index is 1.58. The van der Waals surface area contributed by atoms with Crippen molar-refractivity contribution in [1.82, 2.24) is 5.06 Å². The van der Waals surface area contributed by atoms with Crippen LogP contribution < -0.4 is 4.74 Å². The number of carbonyl (C=O) groups is 4. The molecule has 9 heteroatoms. The number of ether oxygens (including phenoxy) is 3. The van der Waals surface area contributed by atoms with Crippen LogP contribution in [0, 0.1) is 0 Å². The first kappa shape index (κ1) is 21.1. The molecule has 1 unspecified atom stereocenters. The average Bonchev–Trinajstić information content (AvgIpc) is 3.04. The van der Waals surface area contributed by atoms with Gasteiger partial charge in [0.25, 0.3) is 11.8 Å². The van der Waals surface area contributed by atoms with Gasteiger partial charge in [-0.1, -0.05) is 29.3 Å². The Morgan fingerprint density at radius 1 is 0.933 bits per heavy atom. The molecule has 2 atom stereocenters. The van der Waals surface area contributed by atoms with Crippen molar-refractivity contribution in [3.63, 3.8) is 0 Å². The smallest absolute Gasteiger partial charge is 0.497 e. The van der Waals surface area contributed by atoms with Gasteiger partial charge in [-0.3, -0.25) is 19.2 Å². The quantitative estimate of drug-likeness (QED) is 0.402. The van der Waals surface area contributed by atoms with E-state index in [-0.39, 0.29) is 12.8 Å². The van der Waals surface area contributed by atoms with Crippen LogP contribution in [-0.2, 0) is 28.7 Å². The molecule has 2 aromatic rings. The highest BCUT2D eigenvalue weighted by atomic mass is 16.9. The van der Waals surface area contributed by atoms with E-state index in [2.05, 4.69) is 4.84 Å². The van der Waals surface area contributed by atoms with Crippen LogP contribution in [0.25, 0.3) is 10.8 Å². The summed E-state index contributed by atoms with van der Waals surface area (Å²) in [4.78, 5) is 51.6. The number of nitrogens with zero attached hydrogens (tertiary/aromatic N) is 1. The summed E-state index contributed by atoms with van der Waals surface area (Å²) in [5.41, 5.74) is 0.723. The number of hydrogen-bond acceptors (Lipinski definition) is 8. The molecule has 0 N–H and O–H groups in total. The molecule has 9 nitrogen and oxygen atoms in total. The van der Waals surface area contributed by atoms with E-state index >= 15 is 0 Å². The van der Waals surface area contributed by atoms with Crippen LogP contribution in [0.15, 0.2) is 36.4 Å². The van der Waals surface area contributed by atoms with Gasteiger partial charge >= 0.3 is 12.1 Å². The second kappa shape index (κ2) is 8.81. The fourth-order valence-corrected chi connectivity index (χ4v) is 2.95. The number of benzene rings is 2. The van der Waals surface area contributed by atoms with Gasteiger partial charge in [0.1, 0.15) is 5.75 Å². The molecule has 2 aromatic carbocycles. The van der Waals surface area contributed by atoms with Crippen molar-refractivity contribution in [3.05, 3.63) is 42.0 Å². The summed E-state index contributed by atoms with van der Waals surface area (Å²) in [6, 6.07) is 11.1. The van der Waals surface area contributed by atoms with Gasteiger partial charge in [-0.2, -0.15) is 0 Å². The molecular formula is C21H21NO8. The molecule has 1 aliphatic heterocycles. The van der Waals surface area contributed by atoms with Crippen molar-refractivity contribution in [3.8, 4) is 5.75 Å². The lowest BCUT2D eigenvalue weighted by Gasteiger charge is -2.18. The van der Waals surface area contributed by atoms with Crippen LogP contribution in [0.3, 0.4) is 0 Å². The number of hydrogen-bond donors (Lipinski definition) is 0. The van der Waals surface area contributed by atoms with E-state index < -0.39 is 36.1 Å². The number of fused-ring (bicyclic) bond motifs is 1. The molecule has 0 aliphatic carbocycles. The molecular weight excluding hydrogens is 394 g/mol. The molecule has 3 rings (SSSR count). The summed E-state index contributed by atoms with van der Waals surface area (Å²) in [6.07, 6.45) is -2.66. The second-order valence-electron chi connectivity index (χ2n) is 6.74. The largest absolute Gasteiger partial charge is 0.537 e. The van der Waals surface area contributed by atoms with E-state index in [1.807, 2.05) is 30.3 Å². The SMILES string of the molecule is COc1ccc2cc([C@H](C)C(=O)OC(C)OC(=O)ON3C(=O)CCC3=O)ccc2c1. The Labute approximate surface area is 172 Å². The van der Waals surface area contributed by atoms with Gasteiger partial charge in [-0.05, 0) is 35.4 Å². The van der Waals surface area contributed by atoms with Gasteiger partial charge in [-0.25, -0.2) is 4.79 Å². The Morgan fingerprint density at radius 2 is 1.57 bits per heavy atom. The summed E-state index contributed by atoms with van der Waals surface area (Å²) in [6.45, 7) is 2.99. The normalized spacial score (nSPS) is 15.6. The lowest BCUT2D eigenvalue weighted by molar-refractivity contribution is -0.191. The number of carbonyl (C=O) groups excluding carboxylic acids is 4. The van der Waals surface area contributed by atoms with E-state index in [0.29, 0.717) is 5.06 Å². The monoisotopic (exact) mass is 415 g/mol. The van der Waals surface area contributed by atoms with E-state index in [1.54, 1.807) is 20.1 Å². The number of rotatable bonds is 6. The molecule has 0 aromatic heterocycles. The molecule has 1 heterocycles. The zero-order chi connectivity index (χ0) is 21.8. The highest BCUT2D eigenvalue weighted by Crippen LogP contribution is 2.26. The van der Waals surface area contributed by atoms with Crippen molar-refractivity contribution in [2.45, 2.75) is 38.9 Å². The molecule has 2 amide bonds. The molecule has 1 fully saturated rings. The Kier molecular flexibility index (Phi) is 6.20. The van der Waals surface area contributed by atoms with Crippen LogP contribution in [0.4, 0.5) is 4.79 Å². The lowest BCUT2D eigenvalue weighted by Crippen LogP contribution is -2.34. The minimum atomic E-state index is -1.31. The third kappa shape index (κ3) is 4.68. The van der Waals surface area contributed by atoms with Crippen LogP contribution in [0.2, 0.25) is 0 Å². The van der Waals surface area contributed by atoms with E-state index in [1.165, 1.54) is 6.92 Å². The molecule has 30 heavy (non-hydrogen) atoms. The van der Waals surface area contributed by atoms with Gasteiger partial charge in [0.2, 0.25) is 6.29 Å². The first-order valence-corrected chi connectivity index (χ1v) is 9.31. The number of amides is 2. The van der Waals surface area contributed by atoms with Gasteiger partial charge in [0.15, 0.2) is 0 Å². The van der Waals surface area contributed by atoms with Crippen LogP contribution >= 0.6 is 0 Å². The first-order valence-electron chi connectivity index (χ1n) is 9.31. The van der Waals surface area contributed by atoms with Gasteiger partial charge in [0.05, 0.1) is 13.0 Å². The third-order valence-electron chi connectivity index (χ3n) is 4.64. The molecule has 158 valence electrons. The molecule has 0 spiro atoms. The van der Waals surface area contributed by atoms with E-state index in [4.69, 9.17) is 14.2 Å². The summed E-state index contributed by atoms with van der Waals surface area (Å²) < 4.78 is 15.1. The predicted octanol–water partition coefficient (Wildman–Crippen LogP) is 3.06. The fraction of sp³-hybridized carbons (Fsp3) is 0.333. The summed E-state index contributed by atoms with van der Waals surface area (Å²) in [5.74, 6) is -1.78. The molecule has 0 bridgehead atoms. The second-order valence-corrected chi connectivity index (χ2v) is 6.74. The molecule has 0 radical (unpaired) electrons. The third-order valence-corrected chi connectivity index (χ3v) is 4.64. The van der Waals surface area contributed by atoms with E-state index in [9.17, 15) is 19.2 Å². The fourth-order valence-electron chi connectivity index (χ4n) is 2.95. The van der Waals surface area contributed by atoms with Gasteiger partial charge in [0, 0.05) is 19.8 Å². The Bertz CT molecular complexity index is 986. The van der Waals surface area contributed by atoms with Gasteiger partial charge in [-0.15, -0.1) is 0 Å². The van der Waals surface area contributed by atoms with Crippen LogP contribution in [0.5, 0.6) is 5.75 Å². The number of esters is 1. The lowest BCUT2D eigenvalue weighted by atomic mass is 9.98. The van der Waals surface area contributed by atoms with Crippen molar-refractivity contribution in [1.29, 1.82) is 0 Å². The highest BCUT2D eigenvalue weighted by molar-refractivity contribution is 6.01. The predicted molar refractivity (Wildman–Crippen MR) is 103 cm³/mol. The number of hydroxylamine groups is 2.